The lowest BCUT2D eigenvalue weighted by molar-refractivity contribution is 0.188. The molecule has 0 radical (unpaired) electrons. The summed E-state index contributed by atoms with van der Waals surface area (Å²) < 4.78 is 1.78. The van der Waals surface area contributed by atoms with Crippen LogP contribution in [-0.4, -0.2) is 44.8 Å². The maximum absolute atomic E-state index is 12.1. The number of carbonyl (C=O) groups excluding carboxylic acids is 1. The van der Waals surface area contributed by atoms with Crippen LogP contribution < -0.4 is 10.6 Å². The van der Waals surface area contributed by atoms with Gasteiger partial charge in [-0.25, -0.2) is 4.79 Å². The molecular formula is C17H24N6O. The second kappa shape index (κ2) is 7.92. The Morgan fingerprint density at radius 2 is 2.17 bits per heavy atom. The number of carbonyl (C=O) groups is 1. The quantitative estimate of drug-likeness (QED) is 0.881. The van der Waals surface area contributed by atoms with Gasteiger partial charge in [-0.1, -0.05) is 6.07 Å². The number of hydrogen-bond donors (Lipinski definition) is 2. The molecule has 0 aromatic carbocycles. The van der Waals surface area contributed by atoms with E-state index in [0.29, 0.717) is 0 Å². The van der Waals surface area contributed by atoms with Crippen LogP contribution in [0.3, 0.4) is 0 Å². The van der Waals surface area contributed by atoms with E-state index in [1.54, 1.807) is 10.9 Å². The molecule has 0 bridgehead atoms. The fourth-order valence-corrected chi connectivity index (χ4v) is 2.91. The van der Waals surface area contributed by atoms with E-state index in [-0.39, 0.29) is 12.1 Å². The fraction of sp³-hybridized carbons (Fsp3) is 0.471. The molecule has 2 N–H and O–H groups in total. The maximum Gasteiger partial charge on any atom is 0.319 e. The van der Waals surface area contributed by atoms with Gasteiger partial charge in [0.1, 0.15) is 0 Å². The van der Waals surface area contributed by atoms with E-state index in [1.165, 1.54) is 0 Å². The molecule has 2 aromatic heterocycles. The second-order valence-corrected chi connectivity index (χ2v) is 6.05. The average molecular weight is 328 g/mol. The van der Waals surface area contributed by atoms with Gasteiger partial charge in [0.05, 0.1) is 17.6 Å². The first-order valence-corrected chi connectivity index (χ1v) is 8.45. The summed E-state index contributed by atoms with van der Waals surface area (Å²) in [4.78, 5) is 18.8. The molecule has 0 unspecified atom stereocenters. The zero-order valence-electron chi connectivity index (χ0n) is 14.0. The van der Waals surface area contributed by atoms with Crippen LogP contribution in [0.2, 0.25) is 0 Å². The van der Waals surface area contributed by atoms with Crippen molar-refractivity contribution in [1.29, 1.82) is 0 Å². The highest BCUT2D eigenvalue weighted by atomic mass is 16.2. The number of piperidine rings is 1. The molecule has 1 aliphatic rings. The molecule has 2 aromatic rings. The van der Waals surface area contributed by atoms with Crippen molar-refractivity contribution >= 4 is 11.7 Å². The van der Waals surface area contributed by atoms with Crippen molar-refractivity contribution < 1.29 is 4.79 Å². The van der Waals surface area contributed by atoms with Gasteiger partial charge in [-0.3, -0.25) is 14.6 Å². The summed E-state index contributed by atoms with van der Waals surface area (Å²) in [7, 11) is 0. The smallest absolute Gasteiger partial charge is 0.319 e. The van der Waals surface area contributed by atoms with Gasteiger partial charge in [0.2, 0.25) is 0 Å². The SMILES string of the molecule is CCn1cc(NC(=O)NC2CCN(Cc3ccccn3)CC2)cn1. The summed E-state index contributed by atoms with van der Waals surface area (Å²) >= 11 is 0. The third-order valence-corrected chi connectivity index (χ3v) is 4.25. The number of hydrogen-bond acceptors (Lipinski definition) is 4. The van der Waals surface area contributed by atoms with E-state index in [0.717, 1.165) is 50.4 Å². The van der Waals surface area contributed by atoms with Crippen molar-refractivity contribution in [2.24, 2.45) is 0 Å². The molecule has 0 aliphatic carbocycles. The summed E-state index contributed by atoms with van der Waals surface area (Å²) in [6, 6.07) is 6.05. The van der Waals surface area contributed by atoms with Gasteiger partial charge >= 0.3 is 6.03 Å². The summed E-state index contributed by atoms with van der Waals surface area (Å²) in [5.74, 6) is 0. The minimum absolute atomic E-state index is 0.158. The lowest BCUT2D eigenvalue weighted by Crippen LogP contribution is -2.45. The number of nitrogens with zero attached hydrogens (tertiary/aromatic N) is 4. The first-order chi connectivity index (χ1) is 11.7. The van der Waals surface area contributed by atoms with E-state index < -0.39 is 0 Å². The Bertz CT molecular complexity index is 648. The molecule has 1 saturated heterocycles. The van der Waals surface area contributed by atoms with Gasteiger partial charge in [-0.05, 0) is 31.9 Å². The largest absolute Gasteiger partial charge is 0.335 e. The van der Waals surface area contributed by atoms with Crippen molar-refractivity contribution in [3.8, 4) is 0 Å². The van der Waals surface area contributed by atoms with Gasteiger partial charge in [0.25, 0.3) is 0 Å². The molecule has 3 heterocycles. The summed E-state index contributed by atoms with van der Waals surface area (Å²) in [6.45, 7) is 5.61. The van der Waals surface area contributed by atoms with E-state index in [1.807, 2.05) is 37.5 Å². The molecule has 3 rings (SSSR count). The monoisotopic (exact) mass is 328 g/mol. The highest BCUT2D eigenvalue weighted by Crippen LogP contribution is 2.13. The number of rotatable bonds is 5. The predicted octanol–water partition coefficient (Wildman–Crippen LogP) is 2.08. The number of pyridine rings is 1. The third-order valence-electron chi connectivity index (χ3n) is 4.25. The minimum atomic E-state index is -0.158. The van der Waals surface area contributed by atoms with E-state index in [2.05, 4.69) is 25.6 Å². The molecule has 0 atom stereocenters. The first-order valence-electron chi connectivity index (χ1n) is 8.45. The lowest BCUT2D eigenvalue weighted by Gasteiger charge is -2.32. The fourth-order valence-electron chi connectivity index (χ4n) is 2.91. The molecule has 2 amide bonds. The molecule has 1 aliphatic heterocycles. The molecule has 0 spiro atoms. The van der Waals surface area contributed by atoms with Crippen molar-refractivity contribution in [3.05, 3.63) is 42.5 Å². The Labute approximate surface area is 142 Å². The molecule has 128 valence electrons. The van der Waals surface area contributed by atoms with Crippen LogP contribution in [0.1, 0.15) is 25.5 Å². The number of nitrogens with one attached hydrogen (secondary N) is 2. The molecular weight excluding hydrogens is 304 g/mol. The van der Waals surface area contributed by atoms with E-state index in [9.17, 15) is 4.79 Å². The second-order valence-electron chi connectivity index (χ2n) is 6.05. The van der Waals surface area contributed by atoms with E-state index in [4.69, 9.17) is 0 Å². The third kappa shape index (κ3) is 4.55. The average Bonchev–Trinajstić information content (AvgIpc) is 3.05. The van der Waals surface area contributed by atoms with Gasteiger partial charge < -0.3 is 10.6 Å². The van der Waals surface area contributed by atoms with Gasteiger partial charge in [0.15, 0.2) is 0 Å². The normalized spacial score (nSPS) is 16.0. The number of likely N-dealkylation sites (tertiary alicyclic amines) is 1. The Morgan fingerprint density at radius 1 is 1.33 bits per heavy atom. The maximum atomic E-state index is 12.1. The number of anilines is 1. The van der Waals surface area contributed by atoms with Crippen molar-refractivity contribution in [3.63, 3.8) is 0 Å². The van der Waals surface area contributed by atoms with Gasteiger partial charge in [-0.2, -0.15) is 5.10 Å². The van der Waals surface area contributed by atoms with Crippen LogP contribution in [0, 0.1) is 0 Å². The van der Waals surface area contributed by atoms with Crippen LogP contribution in [0.25, 0.3) is 0 Å². The Kier molecular flexibility index (Phi) is 5.43. The van der Waals surface area contributed by atoms with Crippen LogP contribution in [0.4, 0.5) is 10.5 Å². The summed E-state index contributed by atoms with van der Waals surface area (Å²) in [5.41, 5.74) is 1.82. The molecule has 7 nitrogen and oxygen atoms in total. The molecule has 0 saturated carbocycles. The standard InChI is InChI=1S/C17H24N6O/c1-2-23-13-16(11-19-23)21-17(24)20-14-6-9-22(10-7-14)12-15-5-3-4-8-18-15/h3-5,8,11,13-14H,2,6-7,9-10,12H2,1H3,(H2,20,21,24). The number of urea groups is 1. The van der Waals surface area contributed by atoms with Crippen molar-refractivity contribution in [2.75, 3.05) is 18.4 Å². The topological polar surface area (TPSA) is 75.1 Å². The Morgan fingerprint density at radius 3 is 2.83 bits per heavy atom. The minimum Gasteiger partial charge on any atom is -0.335 e. The van der Waals surface area contributed by atoms with Crippen LogP contribution >= 0.6 is 0 Å². The van der Waals surface area contributed by atoms with Crippen molar-refractivity contribution in [2.45, 2.75) is 38.9 Å². The Hall–Kier alpha value is -2.41. The number of aromatic nitrogens is 3. The lowest BCUT2D eigenvalue weighted by atomic mass is 10.1. The van der Waals surface area contributed by atoms with Gasteiger partial charge in [-0.15, -0.1) is 0 Å². The van der Waals surface area contributed by atoms with Crippen molar-refractivity contribution in [1.82, 2.24) is 25.0 Å². The summed E-state index contributed by atoms with van der Waals surface area (Å²) in [6.07, 6.45) is 7.23. The molecule has 1 fully saturated rings. The Balaban J connectivity index is 1.41. The van der Waals surface area contributed by atoms with Gasteiger partial charge in [0, 0.05) is 44.6 Å². The number of amides is 2. The molecule has 7 heteroatoms. The van der Waals surface area contributed by atoms with Crippen LogP contribution in [0.15, 0.2) is 36.8 Å². The van der Waals surface area contributed by atoms with Crippen LogP contribution in [-0.2, 0) is 13.1 Å². The zero-order valence-corrected chi connectivity index (χ0v) is 14.0. The predicted molar refractivity (Wildman–Crippen MR) is 92.6 cm³/mol. The zero-order chi connectivity index (χ0) is 16.8. The summed E-state index contributed by atoms with van der Waals surface area (Å²) in [5, 5.41) is 10.0. The van der Waals surface area contributed by atoms with Crippen LogP contribution in [0.5, 0.6) is 0 Å². The molecule has 24 heavy (non-hydrogen) atoms. The highest BCUT2D eigenvalue weighted by molar-refractivity contribution is 5.89. The number of aryl methyl sites for hydroxylation is 1. The van der Waals surface area contributed by atoms with E-state index >= 15 is 0 Å². The highest BCUT2D eigenvalue weighted by Gasteiger charge is 2.21. The first kappa shape index (κ1) is 16.4.